The highest BCUT2D eigenvalue weighted by Gasteiger charge is 2.22. The Morgan fingerprint density at radius 1 is 1.05 bits per heavy atom. The minimum absolute atomic E-state index is 0.0873. The second-order valence-corrected chi connectivity index (χ2v) is 5.22. The Balaban J connectivity index is 2.13. The van der Waals surface area contributed by atoms with E-state index in [2.05, 4.69) is 0 Å². The fourth-order valence-corrected chi connectivity index (χ4v) is 2.69. The van der Waals surface area contributed by atoms with E-state index in [1.165, 1.54) is 12.8 Å². The summed E-state index contributed by atoms with van der Waals surface area (Å²) in [6.07, 6.45) is 6.57. The third kappa shape index (κ3) is 3.52. The Hall–Kier alpha value is -1.45. The van der Waals surface area contributed by atoms with Crippen molar-refractivity contribution in [3.8, 4) is 0 Å². The predicted molar refractivity (Wildman–Crippen MR) is 69.9 cm³/mol. The molecular formula is C15H19F2NO. The molecule has 0 aliphatic heterocycles. The standard InChI is InChI=1S/C15H19F2NO/c1-18(14-6-4-2-3-5-7-14)15(19)11-8-12(16)10-13(17)9-11/h8-10,14H,2-7H2,1H3. The lowest BCUT2D eigenvalue weighted by Crippen LogP contribution is -2.36. The Labute approximate surface area is 112 Å². The van der Waals surface area contributed by atoms with Gasteiger partial charge in [-0.05, 0) is 25.0 Å². The Kier molecular flexibility index (Phi) is 4.51. The highest BCUT2D eigenvalue weighted by Crippen LogP contribution is 2.22. The van der Waals surface area contributed by atoms with E-state index in [1.54, 1.807) is 11.9 Å². The van der Waals surface area contributed by atoms with Gasteiger partial charge in [-0.1, -0.05) is 25.7 Å². The molecule has 1 aromatic rings. The summed E-state index contributed by atoms with van der Waals surface area (Å²) >= 11 is 0. The van der Waals surface area contributed by atoms with Crippen LogP contribution in [0.1, 0.15) is 48.9 Å². The summed E-state index contributed by atoms with van der Waals surface area (Å²) in [5.74, 6) is -1.72. The quantitative estimate of drug-likeness (QED) is 0.747. The second-order valence-electron chi connectivity index (χ2n) is 5.22. The molecule has 0 aromatic heterocycles. The molecule has 0 bridgehead atoms. The lowest BCUT2D eigenvalue weighted by atomic mass is 10.1. The average molecular weight is 267 g/mol. The predicted octanol–water partition coefficient (Wildman–Crippen LogP) is 3.76. The van der Waals surface area contributed by atoms with E-state index in [0.717, 1.165) is 43.9 Å². The van der Waals surface area contributed by atoms with Gasteiger partial charge >= 0.3 is 0 Å². The topological polar surface area (TPSA) is 20.3 Å². The molecule has 0 heterocycles. The monoisotopic (exact) mass is 267 g/mol. The first-order valence-corrected chi connectivity index (χ1v) is 6.81. The molecule has 0 spiro atoms. The zero-order chi connectivity index (χ0) is 13.8. The first-order chi connectivity index (χ1) is 9.08. The van der Waals surface area contributed by atoms with Crippen molar-refractivity contribution in [2.45, 2.75) is 44.6 Å². The lowest BCUT2D eigenvalue weighted by molar-refractivity contribution is 0.0716. The van der Waals surface area contributed by atoms with Gasteiger partial charge in [-0.2, -0.15) is 0 Å². The second kappa shape index (κ2) is 6.13. The first-order valence-electron chi connectivity index (χ1n) is 6.81. The number of hydrogen-bond acceptors (Lipinski definition) is 1. The van der Waals surface area contributed by atoms with Crippen LogP contribution in [0.15, 0.2) is 18.2 Å². The maximum atomic E-state index is 13.1. The summed E-state index contributed by atoms with van der Waals surface area (Å²) in [5.41, 5.74) is 0.0873. The SMILES string of the molecule is CN(C(=O)c1cc(F)cc(F)c1)C1CCCCCC1. The summed E-state index contributed by atoms with van der Waals surface area (Å²) in [6.45, 7) is 0. The normalized spacial score (nSPS) is 17.0. The molecule has 2 nitrogen and oxygen atoms in total. The molecule has 0 radical (unpaired) electrons. The van der Waals surface area contributed by atoms with Crippen molar-refractivity contribution in [3.05, 3.63) is 35.4 Å². The van der Waals surface area contributed by atoms with Crippen LogP contribution in [-0.2, 0) is 0 Å². The van der Waals surface area contributed by atoms with E-state index >= 15 is 0 Å². The average Bonchev–Trinajstić information content (AvgIpc) is 2.64. The fourth-order valence-electron chi connectivity index (χ4n) is 2.69. The van der Waals surface area contributed by atoms with Crippen molar-refractivity contribution in [2.75, 3.05) is 7.05 Å². The third-order valence-electron chi connectivity index (χ3n) is 3.80. The van der Waals surface area contributed by atoms with Crippen molar-refractivity contribution in [3.63, 3.8) is 0 Å². The van der Waals surface area contributed by atoms with Crippen LogP contribution >= 0.6 is 0 Å². The van der Waals surface area contributed by atoms with E-state index in [-0.39, 0.29) is 17.5 Å². The maximum Gasteiger partial charge on any atom is 0.254 e. The van der Waals surface area contributed by atoms with Gasteiger partial charge in [0, 0.05) is 24.7 Å². The number of carbonyl (C=O) groups excluding carboxylic acids is 1. The molecule has 2 rings (SSSR count). The Morgan fingerprint density at radius 3 is 2.11 bits per heavy atom. The van der Waals surface area contributed by atoms with Crippen molar-refractivity contribution in [1.29, 1.82) is 0 Å². The summed E-state index contributed by atoms with van der Waals surface area (Å²) in [4.78, 5) is 13.9. The summed E-state index contributed by atoms with van der Waals surface area (Å²) in [5, 5.41) is 0. The van der Waals surface area contributed by atoms with Crippen molar-refractivity contribution < 1.29 is 13.6 Å². The smallest absolute Gasteiger partial charge is 0.254 e. The molecule has 1 amide bonds. The fraction of sp³-hybridized carbons (Fsp3) is 0.533. The molecular weight excluding hydrogens is 248 g/mol. The van der Waals surface area contributed by atoms with E-state index in [1.807, 2.05) is 0 Å². The summed E-state index contributed by atoms with van der Waals surface area (Å²) < 4.78 is 26.3. The molecule has 1 aromatic carbocycles. The van der Waals surface area contributed by atoms with Crippen molar-refractivity contribution in [2.24, 2.45) is 0 Å². The summed E-state index contributed by atoms with van der Waals surface area (Å²) in [6, 6.07) is 3.15. The van der Waals surface area contributed by atoms with E-state index in [9.17, 15) is 13.6 Å². The van der Waals surface area contributed by atoms with Gasteiger partial charge in [0.15, 0.2) is 0 Å². The van der Waals surface area contributed by atoms with Crippen molar-refractivity contribution in [1.82, 2.24) is 4.90 Å². The minimum atomic E-state index is -0.711. The molecule has 0 atom stereocenters. The van der Waals surface area contributed by atoms with E-state index < -0.39 is 11.6 Å². The summed E-state index contributed by atoms with van der Waals surface area (Å²) in [7, 11) is 1.72. The van der Waals surface area contributed by atoms with Gasteiger partial charge in [-0.15, -0.1) is 0 Å². The van der Waals surface area contributed by atoms with Crippen LogP contribution in [0.5, 0.6) is 0 Å². The van der Waals surface area contributed by atoms with Crippen LogP contribution in [0.2, 0.25) is 0 Å². The number of hydrogen-bond donors (Lipinski definition) is 0. The number of nitrogens with zero attached hydrogens (tertiary/aromatic N) is 1. The Bertz CT molecular complexity index is 433. The first kappa shape index (κ1) is 14.0. The largest absolute Gasteiger partial charge is 0.339 e. The van der Waals surface area contributed by atoms with Crippen LogP contribution in [0.25, 0.3) is 0 Å². The van der Waals surface area contributed by atoms with Crippen LogP contribution in [0.3, 0.4) is 0 Å². The highest BCUT2D eigenvalue weighted by atomic mass is 19.1. The van der Waals surface area contributed by atoms with E-state index in [0.29, 0.717) is 0 Å². The number of carbonyl (C=O) groups is 1. The van der Waals surface area contributed by atoms with Gasteiger partial charge in [-0.3, -0.25) is 4.79 Å². The molecule has 1 fully saturated rings. The number of halogens is 2. The molecule has 1 saturated carbocycles. The number of amides is 1. The van der Waals surface area contributed by atoms with Gasteiger partial charge in [0.05, 0.1) is 0 Å². The Morgan fingerprint density at radius 2 is 1.58 bits per heavy atom. The number of rotatable bonds is 2. The zero-order valence-corrected chi connectivity index (χ0v) is 11.2. The lowest BCUT2D eigenvalue weighted by Gasteiger charge is -2.27. The molecule has 4 heteroatoms. The van der Waals surface area contributed by atoms with Crippen molar-refractivity contribution >= 4 is 5.91 Å². The molecule has 0 unspecified atom stereocenters. The highest BCUT2D eigenvalue weighted by molar-refractivity contribution is 5.94. The van der Waals surface area contributed by atoms with Crippen LogP contribution in [-0.4, -0.2) is 23.9 Å². The maximum absolute atomic E-state index is 13.1. The van der Waals surface area contributed by atoms with Gasteiger partial charge in [-0.25, -0.2) is 8.78 Å². The minimum Gasteiger partial charge on any atom is -0.339 e. The molecule has 104 valence electrons. The van der Waals surface area contributed by atoms with Gasteiger partial charge < -0.3 is 4.90 Å². The zero-order valence-electron chi connectivity index (χ0n) is 11.2. The molecule has 1 aliphatic carbocycles. The molecule has 19 heavy (non-hydrogen) atoms. The molecule has 0 N–H and O–H groups in total. The molecule has 1 aliphatic rings. The third-order valence-corrected chi connectivity index (χ3v) is 3.80. The number of benzene rings is 1. The van der Waals surface area contributed by atoms with Gasteiger partial charge in [0.2, 0.25) is 0 Å². The van der Waals surface area contributed by atoms with Crippen LogP contribution in [0.4, 0.5) is 8.78 Å². The van der Waals surface area contributed by atoms with Gasteiger partial charge in [0.1, 0.15) is 11.6 Å². The van der Waals surface area contributed by atoms with Crippen LogP contribution < -0.4 is 0 Å². The molecule has 0 saturated heterocycles. The van der Waals surface area contributed by atoms with E-state index in [4.69, 9.17) is 0 Å². The van der Waals surface area contributed by atoms with Crippen LogP contribution in [0, 0.1) is 11.6 Å². The van der Waals surface area contributed by atoms with Gasteiger partial charge in [0.25, 0.3) is 5.91 Å².